The van der Waals surface area contributed by atoms with Gasteiger partial charge in [0, 0.05) is 26.1 Å². The van der Waals surface area contributed by atoms with Crippen LogP contribution >= 0.6 is 0 Å². The molecule has 0 saturated heterocycles. The van der Waals surface area contributed by atoms with Gasteiger partial charge in [-0.05, 0) is 12.5 Å². The van der Waals surface area contributed by atoms with Crippen molar-refractivity contribution in [1.29, 1.82) is 0 Å². The van der Waals surface area contributed by atoms with E-state index in [9.17, 15) is 0 Å². The lowest BCUT2D eigenvalue weighted by Gasteiger charge is -2.25. The Labute approximate surface area is 111 Å². The van der Waals surface area contributed by atoms with Crippen molar-refractivity contribution in [2.75, 3.05) is 27.2 Å². The zero-order chi connectivity index (χ0) is 13.6. The van der Waals surface area contributed by atoms with E-state index in [2.05, 4.69) is 50.4 Å². The Balaban J connectivity index is 2.79. The summed E-state index contributed by atoms with van der Waals surface area (Å²) in [6.45, 7) is 8.21. The zero-order valence-electron chi connectivity index (χ0n) is 12.2. The molecule has 0 unspecified atom stereocenters. The molecule has 0 aromatic heterocycles. The third-order valence-corrected chi connectivity index (χ3v) is 2.94. The number of hydrogen-bond donors (Lipinski definition) is 1. The van der Waals surface area contributed by atoms with Crippen LogP contribution in [0.25, 0.3) is 0 Å². The Bertz CT molecular complexity index is 380. The Morgan fingerprint density at radius 2 is 1.83 bits per heavy atom. The first-order chi connectivity index (χ1) is 8.47. The first-order valence-corrected chi connectivity index (χ1v) is 6.48. The van der Waals surface area contributed by atoms with Crippen molar-refractivity contribution in [2.45, 2.75) is 26.2 Å². The number of nitrogens with zero attached hydrogens (tertiary/aromatic N) is 2. The molecule has 1 aromatic rings. The summed E-state index contributed by atoms with van der Waals surface area (Å²) in [4.78, 5) is 6.71. The lowest BCUT2D eigenvalue weighted by molar-refractivity contribution is 0.522. The SMILES string of the molecule is CCNC(=NCC(C)(C)c1ccccc1)N(C)C. The van der Waals surface area contributed by atoms with E-state index in [0.29, 0.717) is 0 Å². The maximum absolute atomic E-state index is 4.69. The topological polar surface area (TPSA) is 27.6 Å². The van der Waals surface area contributed by atoms with Crippen LogP contribution in [0.2, 0.25) is 0 Å². The molecule has 1 aromatic carbocycles. The lowest BCUT2D eigenvalue weighted by Crippen LogP contribution is -2.37. The van der Waals surface area contributed by atoms with Gasteiger partial charge in [0.15, 0.2) is 5.96 Å². The Hall–Kier alpha value is -1.51. The zero-order valence-corrected chi connectivity index (χ0v) is 12.2. The number of nitrogens with one attached hydrogen (secondary N) is 1. The van der Waals surface area contributed by atoms with Crippen molar-refractivity contribution in [1.82, 2.24) is 10.2 Å². The molecule has 0 spiro atoms. The Morgan fingerprint density at radius 3 is 2.33 bits per heavy atom. The number of aliphatic imine (C=N–C) groups is 1. The molecule has 3 heteroatoms. The molecular formula is C15H25N3. The second kappa shape index (κ2) is 6.43. The van der Waals surface area contributed by atoms with E-state index in [1.165, 1.54) is 5.56 Å². The van der Waals surface area contributed by atoms with Gasteiger partial charge in [-0.2, -0.15) is 0 Å². The standard InChI is InChI=1S/C15H25N3/c1-6-16-14(18(4)5)17-12-15(2,3)13-10-8-7-9-11-13/h7-11H,6,12H2,1-5H3,(H,16,17). The van der Waals surface area contributed by atoms with Crippen molar-refractivity contribution in [2.24, 2.45) is 4.99 Å². The molecular weight excluding hydrogens is 222 g/mol. The summed E-state index contributed by atoms with van der Waals surface area (Å²) in [6, 6.07) is 10.5. The lowest BCUT2D eigenvalue weighted by atomic mass is 9.85. The molecule has 1 rings (SSSR count). The molecule has 0 heterocycles. The van der Waals surface area contributed by atoms with Gasteiger partial charge in [0.1, 0.15) is 0 Å². The van der Waals surface area contributed by atoms with Gasteiger partial charge in [-0.15, -0.1) is 0 Å². The molecule has 1 N–H and O–H groups in total. The number of guanidine groups is 1. The van der Waals surface area contributed by atoms with E-state index in [4.69, 9.17) is 4.99 Å². The monoisotopic (exact) mass is 247 g/mol. The highest BCUT2D eigenvalue weighted by molar-refractivity contribution is 5.79. The second-order valence-electron chi connectivity index (χ2n) is 5.31. The summed E-state index contributed by atoms with van der Waals surface area (Å²) in [5.41, 5.74) is 1.38. The fourth-order valence-electron chi connectivity index (χ4n) is 1.77. The minimum atomic E-state index is 0.0535. The maximum atomic E-state index is 4.69. The highest BCUT2D eigenvalue weighted by atomic mass is 15.3. The summed E-state index contributed by atoms with van der Waals surface area (Å²) < 4.78 is 0. The van der Waals surface area contributed by atoms with Crippen LogP contribution in [-0.4, -0.2) is 38.0 Å². The van der Waals surface area contributed by atoms with Crippen LogP contribution in [0.5, 0.6) is 0 Å². The fraction of sp³-hybridized carbons (Fsp3) is 0.533. The summed E-state index contributed by atoms with van der Waals surface area (Å²) in [5, 5.41) is 3.28. The van der Waals surface area contributed by atoms with Crippen molar-refractivity contribution < 1.29 is 0 Å². The van der Waals surface area contributed by atoms with Gasteiger partial charge in [-0.25, -0.2) is 0 Å². The molecule has 0 bridgehead atoms. The summed E-state index contributed by atoms with van der Waals surface area (Å²) >= 11 is 0. The first-order valence-electron chi connectivity index (χ1n) is 6.48. The van der Waals surface area contributed by atoms with E-state index < -0.39 is 0 Å². The predicted molar refractivity (Wildman–Crippen MR) is 79.1 cm³/mol. The predicted octanol–water partition coefficient (Wildman–Crippen LogP) is 2.49. The number of rotatable bonds is 4. The number of hydrogen-bond acceptors (Lipinski definition) is 1. The maximum Gasteiger partial charge on any atom is 0.193 e. The van der Waals surface area contributed by atoms with Gasteiger partial charge < -0.3 is 10.2 Å². The quantitative estimate of drug-likeness (QED) is 0.654. The summed E-state index contributed by atoms with van der Waals surface area (Å²) in [6.07, 6.45) is 0. The first kappa shape index (κ1) is 14.6. The third-order valence-electron chi connectivity index (χ3n) is 2.94. The Kier molecular flexibility index (Phi) is 5.20. The molecule has 0 aliphatic carbocycles. The van der Waals surface area contributed by atoms with Crippen LogP contribution in [0.1, 0.15) is 26.3 Å². The van der Waals surface area contributed by atoms with Crippen LogP contribution in [0.4, 0.5) is 0 Å². The van der Waals surface area contributed by atoms with Gasteiger partial charge >= 0.3 is 0 Å². The van der Waals surface area contributed by atoms with Crippen LogP contribution in [0.15, 0.2) is 35.3 Å². The van der Waals surface area contributed by atoms with E-state index >= 15 is 0 Å². The Morgan fingerprint density at radius 1 is 1.22 bits per heavy atom. The normalized spacial score (nSPS) is 12.4. The van der Waals surface area contributed by atoms with Crippen LogP contribution < -0.4 is 5.32 Å². The minimum absolute atomic E-state index is 0.0535. The van der Waals surface area contributed by atoms with Gasteiger partial charge in [0.25, 0.3) is 0 Å². The summed E-state index contributed by atoms with van der Waals surface area (Å²) in [5.74, 6) is 0.946. The van der Waals surface area contributed by atoms with Crippen molar-refractivity contribution in [3.8, 4) is 0 Å². The van der Waals surface area contributed by atoms with Gasteiger partial charge in [-0.1, -0.05) is 44.2 Å². The molecule has 0 saturated carbocycles. The minimum Gasteiger partial charge on any atom is -0.357 e. The molecule has 0 aliphatic heterocycles. The van der Waals surface area contributed by atoms with Crippen LogP contribution in [-0.2, 0) is 5.41 Å². The molecule has 0 radical (unpaired) electrons. The number of benzene rings is 1. The molecule has 0 atom stereocenters. The molecule has 0 fully saturated rings. The molecule has 3 nitrogen and oxygen atoms in total. The van der Waals surface area contributed by atoms with Gasteiger partial charge in [0.05, 0.1) is 6.54 Å². The molecule has 0 amide bonds. The van der Waals surface area contributed by atoms with E-state index in [1.807, 2.05) is 25.1 Å². The highest BCUT2D eigenvalue weighted by Gasteiger charge is 2.20. The van der Waals surface area contributed by atoms with Crippen molar-refractivity contribution in [3.05, 3.63) is 35.9 Å². The second-order valence-corrected chi connectivity index (χ2v) is 5.31. The van der Waals surface area contributed by atoms with E-state index in [0.717, 1.165) is 19.0 Å². The van der Waals surface area contributed by atoms with E-state index in [1.54, 1.807) is 0 Å². The van der Waals surface area contributed by atoms with Gasteiger partial charge in [0.2, 0.25) is 0 Å². The largest absolute Gasteiger partial charge is 0.357 e. The smallest absolute Gasteiger partial charge is 0.193 e. The fourth-order valence-corrected chi connectivity index (χ4v) is 1.77. The third kappa shape index (κ3) is 4.06. The highest BCUT2D eigenvalue weighted by Crippen LogP contribution is 2.22. The molecule has 18 heavy (non-hydrogen) atoms. The average molecular weight is 247 g/mol. The van der Waals surface area contributed by atoms with Crippen molar-refractivity contribution in [3.63, 3.8) is 0 Å². The molecule has 0 aliphatic rings. The summed E-state index contributed by atoms with van der Waals surface area (Å²) in [7, 11) is 4.02. The average Bonchev–Trinajstić information content (AvgIpc) is 2.35. The van der Waals surface area contributed by atoms with Crippen molar-refractivity contribution >= 4 is 5.96 Å². The van der Waals surface area contributed by atoms with E-state index in [-0.39, 0.29) is 5.41 Å². The van der Waals surface area contributed by atoms with Gasteiger partial charge in [-0.3, -0.25) is 4.99 Å². The van der Waals surface area contributed by atoms with Crippen LogP contribution in [0.3, 0.4) is 0 Å². The van der Waals surface area contributed by atoms with Crippen LogP contribution in [0, 0.1) is 0 Å². The molecule has 100 valence electrons.